The molecule has 7 nitrogen and oxygen atoms in total. The zero-order valence-electron chi connectivity index (χ0n) is 23.1. The van der Waals surface area contributed by atoms with Gasteiger partial charge in [-0.15, -0.1) is 0 Å². The summed E-state index contributed by atoms with van der Waals surface area (Å²) < 4.78 is 37.8. The SMILES string of the molecule is COc1ccccc1N(Cc1ccccc1)S(=O)(=O)c1cc(C(=O)N2CCCn3c(cc4ccccc43)C2)ccc1Cl. The van der Waals surface area contributed by atoms with E-state index in [1.807, 2.05) is 42.5 Å². The number of rotatable bonds is 7. The highest BCUT2D eigenvalue weighted by atomic mass is 35.5. The van der Waals surface area contributed by atoms with E-state index in [-0.39, 0.29) is 27.9 Å². The average Bonchev–Trinajstić information content (AvgIpc) is 3.22. The lowest BCUT2D eigenvalue weighted by Gasteiger charge is -2.27. The van der Waals surface area contributed by atoms with Crippen molar-refractivity contribution in [2.45, 2.75) is 31.0 Å². The van der Waals surface area contributed by atoms with Crippen LogP contribution in [-0.4, -0.2) is 37.4 Å². The number of nitrogens with zero attached hydrogens (tertiary/aromatic N) is 3. The Morgan fingerprint density at radius 1 is 0.905 bits per heavy atom. The molecule has 0 aliphatic carbocycles. The van der Waals surface area contributed by atoms with Crippen molar-refractivity contribution < 1.29 is 17.9 Å². The van der Waals surface area contributed by atoms with Crippen LogP contribution in [0, 0.1) is 0 Å². The smallest absolute Gasteiger partial charge is 0.266 e. The first kappa shape index (κ1) is 27.9. The highest BCUT2D eigenvalue weighted by Gasteiger charge is 2.31. The third-order valence-electron chi connectivity index (χ3n) is 7.62. The maximum atomic E-state index is 14.4. The van der Waals surface area contributed by atoms with Gasteiger partial charge in [0.05, 0.1) is 30.9 Å². The number of carbonyl (C=O) groups excluding carboxylic acids is 1. The third-order valence-corrected chi connectivity index (χ3v) is 9.86. The predicted molar refractivity (Wildman–Crippen MR) is 166 cm³/mol. The fourth-order valence-corrected chi connectivity index (χ4v) is 7.52. The molecule has 1 amide bonds. The zero-order valence-corrected chi connectivity index (χ0v) is 24.7. The number of sulfonamides is 1. The lowest BCUT2D eigenvalue weighted by Crippen LogP contribution is -2.32. The number of carbonyl (C=O) groups is 1. The minimum atomic E-state index is -4.23. The fourth-order valence-electron chi connectivity index (χ4n) is 5.55. The summed E-state index contributed by atoms with van der Waals surface area (Å²) in [5.41, 5.74) is 3.63. The van der Waals surface area contributed by atoms with Crippen molar-refractivity contribution in [2.24, 2.45) is 0 Å². The van der Waals surface area contributed by atoms with Gasteiger partial charge in [-0.3, -0.25) is 9.10 Å². The van der Waals surface area contributed by atoms with E-state index < -0.39 is 10.0 Å². The molecule has 1 aromatic heterocycles. The highest BCUT2D eigenvalue weighted by Crippen LogP contribution is 2.36. The van der Waals surface area contributed by atoms with Crippen molar-refractivity contribution in [3.8, 4) is 5.75 Å². The van der Waals surface area contributed by atoms with Gasteiger partial charge in [0.25, 0.3) is 15.9 Å². The van der Waals surface area contributed by atoms with Crippen molar-refractivity contribution in [1.29, 1.82) is 0 Å². The van der Waals surface area contributed by atoms with Gasteiger partial charge in [-0.2, -0.15) is 0 Å². The molecule has 5 aromatic rings. The van der Waals surface area contributed by atoms with Crippen LogP contribution >= 0.6 is 11.6 Å². The minimum absolute atomic E-state index is 0.0375. The van der Waals surface area contributed by atoms with Crippen LogP contribution in [0.25, 0.3) is 10.9 Å². The number of para-hydroxylation sites is 3. The number of methoxy groups -OCH3 is 1. The quantitative estimate of drug-likeness (QED) is 0.208. The fraction of sp³-hybridized carbons (Fsp3) is 0.182. The van der Waals surface area contributed by atoms with Crippen LogP contribution in [0.1, 0.15) is 28.0 Å². The molecule has 1 aliphatic heterocycles. The molecule has 0 saturated heterocycles. The molecule has 0 spiro atoms. The van der Waals surface area contributed by atoms with Crippen molar-refractivity contribution in [3.05, 3.63) is 125 Å². The van der Waals surface area contributed by atoms with Crippen LogP contribution in [0.15, 0.2) is 108 Å². The number of ether oxygens (including phenoxy) is 1. The summed E-state index contributed by atoms with van der Waals surface area (Å²) in [7, 11) is -2.73. The number of anilines is 1. The summed E-state index contributed by atoms with van der Waals surface area (Å²) in [4.78, 5) is 15.5. The van der Waals surface area contributed by atoms with Crippen LogP contribution in [0.4, 0.5) is 5.69 Å². The summed E-state index contributed by atoms with van der Waals surface area (Å²) in [5.74, 6) is 0.161. The molecule has 0 bridgehead atoms. The van der Waals surface area contributed by atoms with E-state index in [2.05, 4.69) is 22.8 Å². The molecule has 2 heterocycles. The standard InChI is InChI=1S/C33H30ClN3O4S/c1-41-31-15-8-7-14-30(31)37(22-24-10-3-2-4-11-24)42(39,40)32-21-26(16-17-28(32)34)33(38)35-18-9-19-36-27(23-35)20-25-12-5-6-13-29(25)36/h2-8,10-17,20-21H,9,18-19,22-23H2,1H3. The van der Waals surface area contributed by atoms with Crippen LogP contribution < -0.4 is 9.04 Å². The molecular weight excluding hydrogens is 570 g/mol. The van der Waals surface area contributed by atoms with Crippen molar-refractivity contribution in [3.63, 3.8) is 0 Å². The number of fused-ring (bicyclic) bond motifs is 3. The first-order valence-electron chi connectivity index (χ1n) is 13.7. The van der Waals surface area contributed by atoms with Gasteiger partial charge >= 0.3 is 0 Å². The van der Waals surface area contributed by atoms with Crippen molar-refractivity contribution in [1.82, 2.24) is 9.47 Å². The van der Waals surface area contributed by atoms with Gasteiger partial charge in [-0.05, 0) is 59.8 Å². The Kier molecular flexibility index (Phi) is 7.66. The summed E-state index contributed by atoms with van der Waals surface area (Å²) in [6.45, 7) is 1.84. The molecule has 6 rings (SSSR count). The second-order valence-electron chi connectivity index (χ2n) is 10.2. The number of hydrogen-bond acceptors (Lipinski definition) is 4. The Labute approximate surface area is 250 Å². The van der Waals surface area contributed by atoms with Crippen LogP contribution in [-0.2, 0) is 29.7 Å². The second kappa shape index (κ2) is 11.5. The Morgan fingerprint density at radius 2 is 1.64 bits per heavy atom. The third kappa shape index (κ3) is 5.24. The summed E-state index contributed by atoms with van der Waals surface area (Å²) >= 11 is 6.55. The Bertz CT molecular complexity index is 1870. The second-order valence-corrected chi connectivity index (χ2v) is 12.5. The first-order valence-corrected chi connectivity index (χ1v) is 15.5. The van der Waals surface area contributed by atoms with Gasteiger partial charge in [-0.1, -0.05) is 72.3 Å². The van der Waals surface area contributed by atoms with E-state index >= 15 is 0 Å². The molecule has 0 saturated carbocycles. The van der Waals surface area contributed by atoms with E-state index in [4.69, 9.17) is 16.3 Å². The molecule has 0 unspecified atom stereocenters. The van der Waals surface area contributed by atoms with E-state index in [9.17, 15) is 13.2 Å². The van der Waals surface area contributed by atoms with Gasteiger partial charge in [0, 0.05) is 29.9 Å². The molecular formula is C33H30ClN3O4S. The van der Waals surface area contributed by atoms with Crippen LogP contribution in [0.5, 0.6) is 5.75 Å². The lowest BCUT2D eigenvalue weighted by atomic mass is 10.2. The van der Waals surface area contributed by atoms with Gasteiger partial charge in [0.1, 0.15) is 10.6 Å². The van der Waals surface area contributed by atoms with Gasteiger partial charge in [0.2, 0.25) is 0 Å². The molecule has 214 valence electrons. The van der Waals surface area contributed by atoms with Crippen LogP contribution in [0.3, 0.4) is 0 Å². The van der Waals surface area contributed by atoms with E-state index in [0.717, 1.165) is 35.1 Å². The van der Waals surface area contributed by atoms with Gasteiger partial charge in [-0.25, -0.2) is 8.42 Å². The van der Waals surface area contributed by atoms with Crippen LogP contribution in [0.2, 0.25) is 5.02 Å². The molecule has 4 aromatic carbocycles. The Hall–Kier alpha value is -4.27. The number of halogens is 1. The number of aryl methyl sites for hydroxylation is 1. The molecule has 0 fully saturated rings. The molecule has 0 radical (unpaired) electrons. The number of hydrogen-bond donors (Lipinski definition) is 0. The maximum Gasteiger partial charge on any atom is 0.266 e. The summed E-state index contributed by atoms with van der Waals surface area (Å²) in [6, 6.07) is 31.0. The maximum absolute atomic E-state index is 14.4. The Balaban J connectivity index is 1.37. The number of benzene rings is 4. The van der Waals surface area contributed by atoms with Crippen molar-refractivity contribution in [2.75, 3.05) is 18.0 Å². The average molecular weight is 600 g/mol. The molecule has 0 N–H and O–H groups in total. The number of amides is 1. The van der Waals surface area contributed by atoms with E-state index in [0.29, 0.717) is 24.5 Å². The minimum Gasteiger partial charge on any atom is -0.495 e. The highest BCUT2D eigenvalue weighted by molar-refractivity contribution is 7.93. The molecule has 42 heavy (non-hydrogen) atoms. The number of aromatic nitrogens is 1. The summed E-state index contributed by atoms with van der Waals surface area (Å²) in [6.07, 6.45) is 0.787. The lowest BCUT2D eigenvalue weighted by molar-refractivity contribution is 0.0745. The van der Waals surface area contributed by atoms with Gasteiger partial charge in [0.15, 0.2) is 0 Å². The van der Waals surface area contributed by atoms with Gasteiger partial charge < -0.3 is 14.2 Å². The first-order chi connectivity index (χ1) is 20.4. The van der Waals surface area contributed by atoms with E-state index in [1.54, 1.807) is 35.2 Å². The Morgan fingerprint density at radius 3 is 2.45 bits per heavy atom. The van der Waals surface area contributed by atoms with E-state index in [1.165, 1.54) is 23.5 Å². The predicted octanol–water partition coefficient (Wildman–Crippen LogP) is 6.74. The zero-order chi connectivity index (χ0) is 29.3. The molecule has 9 heteroatoms. The monoisotopic (exact) mass is 599 g/mol. The topological polar surface area (TPSA) is 71.8 Å². The molecule has 1 aliphatic rings. The van der Waals surface area contributed by atoms with Crippen molar-refractivity contribution >= 4 is 44.1 Å². The normalized spacial score (nSPS) is 13.4. The molecule has 0 atom stereocenters. The summed E-state index contributed by atoms with van der Waals surface area (Å²) in [5, 5.41) is 1.17. The largest absolute Gasteiger partial charge is 0.495 e.